The molecule has 0 spiro atoms. The third-order valence-electron chi connectivity index (χ3n) is 5.38. The molecule has 1 atom stereocenters. The lowest BCUT2D eigenvalue weighted by molar-refractivity contribution is 0.0688. The average Bonchev–Trinajstić information content (AvgIpc) is 3.41. The second-order valence-corrected chi connectivity index (χ2v) is 7.11. The van der Waals surface area contributed by atoms with E-state index in [1.165, 1.54) is 12.8 Å². The van der Waals surface area contributed by atoms with Crippen molar-refractivity contribution in [1.29, 1.82) is 0 Å². The highest BCUT2D eigenvalue weighted by Gasteiger charge is 2.30. The molecule has 3 heterocycles. The van der Waals surface area contributed by atoms with Gasteiger partial charge in [-0.05, 0) is 31.7 Å². The number of aryl methyl sites for hydroxylation is 1. The minimum atomic E-state index is 0.0108. The number of rotatable bonds is 4. The molecule has 2 aliphatic rings. The Labute approximate surface area is 147 Å². The normalized spacial score (nSPS) is 21.8. The van der Waals surface area contributed by atoms with Gasteiger partial charge in [-0.25, -0.2) is 0 Å². The van der Waals surface area contributed by atoms with Crippen LogP contribution in [0, 0.1) is 0 Å². The summed E-state index contributed by atoms with van der Waals surface area (Å²) in [5.41, 5.74) is 0.548. The standard InChI is InChI=1S/C18H25N5O2/c1-2-16-19-17(25-21-16)13-6-5-10-22(12-13)18(24)15-9-11-23(20-15)14-7-3-4-8-14/h9,11,13-14H,2-8,10,12H2,1H3/t13-/m1/s1. The zero-order valence-electron chi connectivity index (χ0n) is 14.7. The van der Waals surface area contributed by atoms with E-state index < -0.39 is 0 Å². The molecule has 134 valence electrons. The van der Waals surface area contributed by atoms with E-state index in [-0.39, 0.29) is 11.8 Å². The molecular weight excluding hydrogens is 318 g/mol. The van der Waals surface area contributed by atoms with Gasteiger partial charge in [-0.15, -0.1) is 0 Å². The van der Waals surface area contributed by atoms with Crippen LogP contribution in [0.4, 0.5) is 0 Å². The quantitative estimate of drug-likeness (QED) is 0.853. The molecule has 2 aromatic heterocycles. The highest BCUT2D eigenvalue weighted by Crippen LogP contribution is 2.29. The molecule has 7 heteroatoms. The Balaban J connectivity index is 1.44. The van der Waals surface area contributed by atoms with Crippen molar-refractivity contribution >= 4 is 5.91 Å². The molecule has 1 aliphatic heterocycles. The zero-order chi connectivity index (χ0) is 17.2. The SMILES string of the molecule is CCc1noc([C@@H]2CCCN(C(=O)c3ccn(C4CCCC4)n3)C2)n1. The Bertz CT molecular complexity index is 731. The maximum atomic E-state index is 12.8. The van der Waals surface area contributed by atoms with Gasteiger partial charge in [-0.3, -0.25) is 9.48 Å². The first kappa shape index (κ1) is 16.3. The third kappa shape index (κ3) is 3.32. The van der Waals surface area contributed by atoms with E-state index >= 15 is 0 Å². The number of nitrogens with zero attached hydrogens (tertiary/aromatic N) is 5. The van der Waals surface area contributed by atoms with E-state index in [9.17, 15) is 4.79 Å². The molecule has 4 rings (SSSR count). The third-order valence-corrected chi connectivity index (χ3v) is 5.38. The van der Waals surface area contributed by atoms with Gasteiger partial charge in [0.15, 0.2) is 5.82 Å². The molecule has 0 N–H and O–H groups in total. The fourth-order valence-corrected chi connectivity index (χ4v) is 3.93. The van der Waals surface area contributed by atoms with Crippen molar-refractivity contribution in [1.82, 2.24) is 24.8 Å². The first-order valence-electron chi connectivity index (χ1n) is 9.41. The Morgan fingerprint density at radius 3 is 2.88 bits per heavy atom. The van der Waals surface area contributed by atoms with E-state index in [2.05, 4.69) is 15.2 Å². The van der Waals surface area contributed by atoms with Crippen molar-refractivity contribution in [3.8, 4) is 0 Å². The van der Waals surface area contributed by atoms with Crippen molar-refractivity contribution in [2.24, 2.45) is 0 Å². The van der Waals surface area contributed by atoms with Crippen LogP contribution in [-0.4, -0.2) is 43.8 Å². The maximum absolute atomic E-state index is 12.8. The Hall–Kier alpha value is -2.18. The molecule has 0 aromatic carbocycles. The Morgan fingerprint density at radius 2 is 2.12 bits per heavy atom. The Morgan fingerprint density at radius 1 is 1.28 bits per heavy atom. The van der Waals surface area contributed by atoms with Crippen molar-refractivity contribution < 1.29 is 9.32 Å². The van der Waals surface area contributed by atoms with Gasteiger partial charge in [0, 0.05) is 25.7 Å². The number of piperidine rings is 1. The van der Waals surface area contributed by atoms with Crippen LogP contribution in [0.15, 0.2) is 16.8 Å². The van der Waals surface area contributed by atoms with Crippen LogP contribution in [0.1, 0.15) is 79.6 Å². The number of hydrogen-bond acceptors (Lipinski definition) is 5. The molecular formula is C18H25N5O2. The molecule has 1 saturated heterocycles. The van der Waals surface area contributed by atoms with Crippen LogP contribution in [0.3, 0.4) is 0 Å². The van der Waals surface area contributed by atoms with Gasteiger partial charge in [0.1, 0.15) is 5.69 Å². The summed E-state index contributed by atoms with van der Waals surface area (Å²) in [5.74, 6) is 1.53. The van der Waals surface area contributed by atoms with Crippen LogP contribution in [-0.2, 0) is 6.42 Å². The fraction of sp³-hybridized carbons (Fsp3) is 0.667. The number of amides is 1. The van der Waals surface area contributed by atoms with Crippen LogP contribution in [0.25, 0.3) is 0 Å². The second-order valence-electron chi connectivity index (χ2n) is 7.11. The van der Waals surface area contributed by atoms with Gasteiger partial charge < -0.3 is 9.42 Å². The topological polar surface area (TPSA) is 77.0 Å². The lowest BCUT2D eigenvalue weighted by Crippen LogP contribution is -2.39. The van der Waals surface area contributed by atoms with Gasteiger partial charge >= 0.3 is 0 Å². The van der Waals surface area contributed by atoms with Crippen molar-refractivity contribution in [2.75, 3.05) is 13.1 Å². The molecule has 0 bridgehead atoms. The van der Waals surface area contributed by atoms with Crippen LogP contribution in [0.5, 0.6) is 0 Å². The van der Waals surface area contributed by atoms with Crippen molar-refractivity contribution in [3.05, 3.63) is 29.7 Å². The zero-order valence-corrected chi connectivity index (χ0v) is 14.7. The molecule has 2 fully saturated rings. The van der Waals surface area contributed by atoms with Crippen molar-refractivity contribution in [3.63, 3.8) is 0 Å². The number of aromatic nitrogens is 4. The van der Waals surface area contributed by atoms with E-state index in [0.29, 0.717) is 24.2 Å². The second kappa shape index (κ2) is 6.98. The summed E-state index contributed by atoms with van der Waals surface area (Å²) in [5, 5.41) is 8.54. The molecule has 25 heavy (non-hydrogen) atoms. The van der Waals surface area contributed by atoms with Gasteiger partial charge in [0.25, 0.3) is 5.91 Å². The minimum Gasteiger partial charge on any atom is -0.339 e. The summed E-state index contributed by atoms with van der Waals surface area (Å²) in [6.07, 6.45) is 9.48. The predicted octanol–water partition coefficient (Wildman–Crippen LogP) is 2.96. The average molecular weight is 343 g/mol. The predicted molar refractivity (Wildman–Crippen MR) is 91.3 cm³/mol. The lowest BCUT2D eigenvalue weighted by atomic mass is 9.97. The summed E-state index contributed by atoms with van der Waals surface area (Å²) in [7, 11) is 0. The van der Waals surface area contributed by atoms with E-state index in [1.54, 1.807) is 0 Å². The van der Waals surface area contributed by atoms with E-state index in [4.69, 9.17) is 4.52 Å². The largest absolute Gasteiger partial charge is 0.339 e. The van der Waals surface area contributed by atoms with Crippen LogP contribution in [0.2, 0.25) is 0 Å². The molecule has 7 nitrogen and oxygen atoms in total. The van der Waals surface area contributed by atoms with Crippen molar-refractivity contribution in [2.45, 2.75) is 63.8 Å². The molecule has 0 unspecified atom stereocenters. The fourth-order valence-electron chi connectivity index (χ4n) is 3.93. The van der Waals surface area contributed by atoms with E-state index in [1.807, 2.05) is 28.8 Å². The van der Waals surface area contributed by atoms with Gasteiger partial charge in [0.2, 0.25) is 5.89 Å². The highest BCUT2D eigenvalue weighted by molar-refractivity contribution is 5.92. The molecule has 2 aromatic rings. The highest BCUT2D eigenvalue weighted by atomic mass is 16.5. The molecule has 0 radical (unpaired) electrons. The number of carbonyl (C=O) groups excluding carboxylic acids is 1. The van der Waals surface area contributed by atoms with Gasteiger partial charge in [-0.2, -0.15) is 10.1 Å². The first-order valence-corrected chi connectivity index (χ1v) is 9.41. The summed E-state index contributed by atoms with van der Waals surface area (Å²) >= 11 is 0. The molecule has 1 saturated carbocycles. The first-order chi connectivity index (χ1) is 12.2. The minimum absolute atomic E-state index is 0.0108. The van der Waals surface area contributed by atoms with Gasteiger partial charge in [-0.1, -0.05) is 24.9 Å². The summed E-state index contributed by atoms with van der Waals surface area (Å²) in [6, 6.07) is 2.31. The summed E-state index contributed by atoms with van der Waals surface area (Å²) in [6.45, 7) is 3.40. The Kier molecular flexibility index (Phi) is 4.55. The summed E-state index contributed by atoms with van der Waals surface area (Å²) < 4.78 is 7.36. The van der Waals surface area contributed by atoms with Gasteiger partial charge in [0.05, 0.1) is 12.0 Å². The number of hydrogen-bond donors (Lipinski definition) is 0. The van der Waals surface area contributed by atoms with Crippen LogP contribution >= 0.6 is 0 Å². The van der Waals surface area contributed by atoms with Crippen LogP contribution < -0.4 is 0 Å². The number of carbonyl (C=O) groups is 1. The lowest BCUT2D eigenvalue weighted by Gasteiger charge is -2.30. The van der Waals surface area contributed by atoms with E-state index in [0.717, 1.165) is 44.5 Å². The molecule has 1 aliphatic carbocycles. The smallest absolute Gasteiger partial charge is 0.274 e. The number of likely N-dealkylation sites (tertiary alicyclic amines) is 1. The monoisotopic (exact) mass is 343 g/mol. The summed E-state index contributed by atoms with van der Waals surface area (Å²) in [4.78, 5) is 19.2. The maximum Gasteiger partial charge on any atom is 0.274 e. The molecule has 1 amide bonds.